The molecule has 4 heterocycles. The van der Waals surface area contributed by atoms with Crippen molar-refractivity contribution in [3.63, 3.8) is 0 Å². The Bertz CT molecular complexity index is 1110. The summed E-state index contributed by atoms with van der Waals surface area (Å²) < 4.78 is 7.35. The molecule has 8 nitrogen and oxygen atoms in total. The topological polar surface area (TPSA) is 78.8 Å². The van der Waals surface area contributed by atoms with Crippen LogP contribution in [0.2, 0.25) is 0 Å². The van der Waals surface area contributed by atoms with Gasteiger partial charge in [0.1, 0.15) is 5.65 Å². The first-order chi connectivity index (χ1) is 14.9. The fourth-order valence-electron chi connectivity index (χ4n) is 4.55. The summed E-state index contributed by atoms with van der Waals surface area (Å²) in [6.45, 7) is 7.96. The fourth-order valence-corrected chi connectivity index (χ4v) is 4.55. The molecular weight excluding hydrogens is 392 g/mol. The Kier molecular flexibility index (Phi) is 5.06. The predicted molar refractivity (Wildman–Crippen MR) is 119 cm³/mol. The van der Waals surface area contributed by atoms with Gasteiger partial charge >= 0.3 is 0 Å². The van der Waals surface area contributed by atoms with E-state index in [0.717, 1.165) is 42.8 Å². The minimum Gasteiger partial charge on any atom is -0.379 e. The fraction of sp³-hybridized carbons (Fsp3) is 0.522. The molecule has 2 aliphatic rings. The molecule has 0 bridgehead atoms. The van der Waals surface area contributed by atoms with Gasteiger partial charge in [0.2, 0.25) is 5.91 Å². The summed E-state index contributed by atoms with van der Waals surface area (Å²) in [6, 6.07) is 4.06. The molecule has 0 atom stereocenters. The molecule has 164 valence electrons. The number of ether oxygens (including phenoxy) is 1. The lowest BCUT2D eigenvalue weighted by Crippen LogP contribution is -2.43. The maximum absolute atomic E-state index is 12.7. The molecule has 0 unspecified atom stereocenters. The van der Waals surface area contributed by atoms with Crippen molar-refractivity contribution in [2.24, 2.45) is 5.41 Å². The second kappa shape index (κ2) is 7.76. The maximum Gasteiger partial charge on any atom is 0.242 e. The van der Waals surface area contributed by atoms with Gasteiger partial charge in [-0.2, -0.15) is 5.10 Å². The molecule has 0 radical (unpaired) electrons. The van der Waals surface area contributed by atoms with Crippen molar-refractivity contribution in [2.75, 3.05) is 44.8 Å². The van der Waals surface area contributed by atoms with Crippen LogP contribution in [-0.2, 0) is 22.4 Å². The van der Waals surface area contributed by atoms with Gasteiger partial charge in [-0.1, -0.05) is 13.8 Å². The molecule has 0 spiro atoms. The number of fused-ring (bicyclic) bond motifs is 2. The standard InChI is InChI=1S/C23H30N6O2/c1-23(2)7-6-17-18(12-23)25-26-22(17)16-4-5-19-24-20(14-29(19)13-16)27(3)21(30)15-28-8-10-31-11-9-28/h4-5,13-14H,6-12,15H2,1-3H3,(H,25,26). The van der Waals surface area contributed by atoms with Crippen LogP contribution in [0, 0.1) is 5.41 Å². The van der Waals surface area contributed by atoms with E-state index in [1.165, 1.54) is 17.7 Å². The van der Waals surface area contributed by atoms with E-state index in [4.69, 9.17) is 4.74 Å². The second-order valence-corrected chi connectivity index (χ2v) is 9.49. The zero-order valence-electron chi connectivity index (χ0n) is 18.5. The average molecular weight is 423 g/mol. The Labute approximate surface area is 182 Å². The molecule has 0 saturated carbocycles. The summed E-state index contributed by atoms with van der Waals surface area (Å²) in [7, 11) is 1.79. The number of imidazole rings is 1. The number of aromatic amines is 1. The van der Waals surface area contributed by atoms with E-state index in [2.05, 4.69) is 46.2 Å². The summed E-state index contributed by atoms with van der Waals surface area (Å²) in [6.07, 6.45) is 7.21. The van der Waals surface area contributed by atoms with Crippen LogP contribution in [-0.4, -0.2) is 70.3 Å². The molecule has 3 aromatic heterocycles. The van der Waals surface area contributed by atoms with Crippen LogP contribution in [0.25, 0.3) is 16.9 Å². The SMILES string of the molecule is CN(C(=O)CN1CCOCC1)c1cn2cc(-c3n[nH]c4c3CCC(C)(C)C4)ccc2n1. The molecule has 1 fully saturated rings. The molecule has 1 aliphatic carbocycles. The summed E-state index contributed by atoms with van der Waals surface area (Å²) in [5, 5.41) is 7.90. The highest BCUT2D eigenvalue weighted by Crippen LogP contribution is 2.37. The number of amides is 1. The summed E-state index contributed by atoms with van der Waals surface area (Å²) in [5.41, 5.74) is 5.81. The van der Waals surface area contributed by atoms with Crippen molar-refractivity contribution >= 4 is 17.4 Å². The Hall–Kier alpha value is -2.71. The Morgan fingerprint density at radius 1 is 1.26 bits per heavy atom. The van der Waals surface area contributed by atoms with Crippen LogP contribution >= 0.6 is 0 Å². The molecular formula is C23H30N6O2. The van der Waals surface area contributed by atoms with Gasteiger partial charge in [0.15, 0.2) is 5.82 Å². The normalized spacial score (nSPS) is 18.8. The van der Waals surface area contributed by atoms with Gasteiger partial charge < -0.3 is 9.14 Å². The highest BCUT2D eigenvalue weighted by molar-refractivity contribution is 5.93. The van der Waals surface area contributed by atoms with Crippen molar-refractivity contribution in [3.05, 3.63) is 35.8 Å². The molecule has 1 saturated heterocycles. The van der Waals surface area contributed by atoms with Gasteiger partial charge in [0.05, 0.1) is 31.6 Å². The number of likely N-dealkylation sites (N-methyl/N-ethyl adjacent to an activating group) is 1. The van der Waals surface area contributed by atoms with Crippen LogP contribution < -0.4 is 4.90 Å². The maximum atomic E-state index is 12.7. The number of rotatable bonds is 4. The van der Waals surface area contributed by atoms with Crippen LogP contribution in [0.5, 0.6) is 0 Å². The van der Waals surface area contributed by atoms with E-state index in [-0.39, 0.29) is 5.91 Å². The van der Waals surface area contributed by atoms with Crippen LogP contribution in [0.4, 0.5) is 5.82 Å². The Morgan fingerprint density at radius 2 is 2.06 bits per heavy atom. The van der Waals surface area contributed by atoms with Crippen molar-refractivity contribution in [3.8, 4) is 11.3 Å². The average Bonchev–Trinajstić information content (AvgIpc) is 3.36. The molecule has 1 aliphatic heterocycles. The van der Waals surface area contributed by atoms with E-state index in [1.807, 2.05) is 16.7 Å². The quantitative estimate of drug-likeness (QED) is 0.699. The first-order valence-electron chi connectivity index (χ1n) is 11.0. The number of nitrogens with zero attached hydrogens (tertiary/aromatic N) is 5. The van der Waals surface area contributed by atoms with Crippen LogP contribution in [0.15, 0.2) is 24.5 Å². The number of hydrogen-bond donors (Lipinski definition) is 1. The van der Waals surface area contributed by atoms with Gasteiger partial charge in [-0.25, -0.2) is 4.98 Å². The summed E-state index contributed by atoms with van der Waals surface area (Å²) in [4.78, 5) is 21.2. The first kappa shape index (κ1) is 20.2. The van der Waals surface area contributed by atoms with E-state index < -0.39 is 0 Å². The first-order valence-corrected chi connectivity index (χ1v) is 11.0. The van der Waals surface area contributed by atoms with Gasteiger partial charge in [-0.3, -0.25) is 19.7 Å². The van der Waals surface area contributed by atoms with Crippen molar-refractivity contribution in [2.45, 2.75) is 33.1 Å². The van der Waals surface area contributed by atoms with E-state index in [0.29, 0.717) is 31.0 Å². The van der Waals surface area contributed by atoms with E-state index in [9.17, 15) is 4.79 Å². The number of nitrogens with one attached hydrogen (secondary N) is 1. The van der Waals surface area contributed by atoms with E-state index >= 15 is 0 Å². The highest BCUT2D eigenvalue weighted by atomic mass is 16.5. The van der Waals surface area contributed by atoms with Gasteiger partial charge in [-0.05, 0) is 36.8 Å². The number of anilines is 1. The lowest BCUT2D eigenvalue weighted by molar-refractivity contribution is -0.120. The smallest absolute Gasteiger partial charge is 0.242 e. The number of carbonyl (C=O) groups is 1. The number of pyridine rings is 1. The monoisotopic (exact) mass is 422 g/mol. The number of carbonyl (C=O) groups excluding carboxylic acids is 1. The number of morpholine rings is 1. The molecule has 0 aromatic carbocycles. The van der Waals surface area contributed by atoms with Crippen molar-refractivity contribution < 1.29 is 9.53 Å². The van der Waals surface area contributed by atoms with Gasteiger partial charge in [-0.15, -0.1) is 0 Å². The van der Waals surface area contributed by atoms with Gasteiger partial charge in [0.25, 0.3) is 0 Å². The number of hydrogen-bond acceptors (Lipinski definition) is 5. The zero-order chi connectivity index (χ0) is 21.6. The minimum absolute atomic E-state index is 0.0366. The number of H-pyrrole nitrogens is 1. The molecule has 8 heteroatoms. The lowest BCUT2D eigenvalue weighted by atomic mass is 9.76. The van der Waals surface area contributed by atoms with Crippen molar-refractivity contribution in [1.29, 1.82) is 0 Å². The second-order valence-electron chi connectivity index (χ2n) is 9.49. The largest absolute Gasteiger partial charge is 0.379 e. The molecule has 31 heavy (non-hydrogen) atoms. The molecule has 1 N–H and O–H groups in total. The minimum atomic E-state index is 0.0366. The summed E-state index contributed by atoms with van der Waals surface area (Å²) >= 11 is 0. The summed E-state index contributed by atoms with van der Waals surface area (Å²) in [5.74, 6) is 0.690. The Balaban J connectivity index is 1.37. The van der Waals surface area contributed by atoms with Gasteiger partial charge in [0, 0.05) is 43.2 Å². The van der Waals surface area contributed by atoms with Crippen LogP contribution in [0.3, 0.4) is 0 Å². The number of aromatic nitrogens is 4. The molecule has 3 aromatic rings. The van der Waals surface area contributed by atoms with Crippen LogP contribution in [0.1, 0.15) is 31.5 Å². The molecule has 1 amide bonds. The zero-order valence-corrected chi connectivity index (χ0v) is 18.5. The molecule has 5 rings (SSSR count). The third-order valence-corrected chi connectivity index (χ3v) is 6.55. The predicted octanol–water partition coefficient (Wildman–Crippen LogP) is 2.53. The lowest BCUT2D eigenvalue weighted by Gasteiger charge is -2.29. The Morgan fingerprint density at radius 3 is 2.87 bits per heavy atom. The third kappa shape index (κ3) is 3.97. The van der Waals surface area contributed by atoms with E-state index in [1.54, 1.807) is 11.9 Å². The highest BCUT2D eigenvalue weighted by Gasteiger charge is 2.29. The third-order valence-electron chi connectivity index (χ3n) is 6.55. The van der Waals surface area contributed by atoms with Crippen molar-refractivity contribution in [1.82, 2.24) is 24.5 Å².